The van der Waals surface area contributed by atoms with Gasteiger partial charge < -0.3 is 5.32 Å². The second-order valence-corrected chi connectivity index (χ2v) is 6.80. The van der Waals surface area contributed by atoms with Gasteiger partial charge in [-0.2, -0.15) is 0 Å². The predicted octanol–water partition coefficient (Wildman–Crippen LogP) is 2.54. The third-order valence-corrected chi connectivity index (χ3v) is 4.56. The molecule has 102 valence electrons. The lowest BCUT2D eigenvalue weighted by molar-refractivity contribution is 0.521. The number of hydrogen-bond donors (Lipinski definition) is 1. The molecule has 0 bridgehead atoms. The number of nitrogens with one attached hydrogen (secondary N) is 1. The second-order valence-electron chi connectivity index (χ2n) is 4.65. The van der Waals surface area contributed by atoms with Crippen LogP contribution in [-0.2, 0) is 10.0 Å². The molecular formula is C13H22N2O2S. The molecule has 0 aliphatic rings. The summed E-state index contributed by atoms with van der Waals surface area (Å²) < 4.78 is 25.2. The first kappa shape index (κ1) is 15.0. The number of benzene rings is 1. The van der Waals surface area contributed by atoms with Gasteiger partial charge in [0.1, 0.15) is 0 Å². The smallest absolute Gasteiger partial charge is 0.242 e. The molecule has 1 unspecified atom stereocenters. The lowest BCUT2D eigenvalue weighted by Crippen LogP contribution is -2.22. The van der Waals surface area contributed by atoms with E-state index in [9.17, 15) is 8.42 Å². The molecule has 0 radical (unpaired) electrons. The first-order valence-electron chi connectivity index (χ1n) is 6.17. The van der Waals surface area contributed by atoms with Crippen molar-refractivity contribution < 1.29 is 8.42 Å². The Balaban J connectivity index is 2.93. The number of anilines is 1. The molecule has 0 heterocycles. The normalized spacial score (nSPS) is 13.6. The Kier molecular flexibility index (Phi) is 5.16. The van der Waals surface area contributed by atoms with Crippen molar-refractivity contribution in [3.05, 3.63) is 24.3 Å². The minimum atomic E-state index is -3.35. The number of hydrogen-bond acceptors (Lipinski definition) is 3. The van der Waals surface area contributed by atoms with Gasteiger partial charge in [0, 0.05) is 25.8 Å². The highest BCUT2D eigenvalue weighted by Gasteiger charge is 2.17. The maximum Gasteiger partial charge on any atom is 0.242 e. The quantitative estimate of drug-likeness (QED) is 0.864. The zero-order valence-corrected chi connectivity index (χ0v) is 12.3. The highest BCUT2D eigenvalue weighted by molar-refractivity contribution is 7.89. The van der Waals surface area contributed by atoms with E-state index in [2.05, 4.69) is 19.2 Å². The van der Waals surface area contributed by atoms with E-state index >= 15 is 0 Å². The highest BCUT2D eigenvalue weighted by Crippen LogP contribution is 2.19. The van der Waals surface area contributed by atoms with E-state index in [4.69, 9.17) is 0 Å². The molecule has 0 aliphatic carbocycles. The van der Waals surface area contributed by atoms with Gasteiger partial charge in [-0.25, -0.2) is 12.7 Å². The SMILES string of the molecule is CCCC(C)Nc1cccc(S(=O)(=O)N(C)C)c1. The summed E-state index contributed by atoms with van der Waals surface area (Å²) in [5, 5.41) is 3.31. The number of rotatable bonds is 6. The Bertz CT molecular complexity index is 484. The van der Waals surface area contributed by atoms with Crippen LogP contribution in [0.3, 0.4) is 0 Å². The maximum absolute atomic E-state index is 12.0. The molecule has 1 N–H and O–H groups in total. The van der Waals surface area contributed by atoms with Crippen molar-refractivity contribution in [3.8, 4) is 0 Å². The molecular weight excluding hydrogens is 248 g/mol. The van der Waals surface area contributed by atoms with Crippen molar-refractivity contribution in [2.75, 3.05) is 19.4 Å². The average molecular weight is 270 g/mol. The number of sulfonamides is 1. The summed E-state index contributed by atoms with van der Waals surface area (Å²) in [6.07, 6.45) is 2.16. The van der Waals surface area contributed by atoms with Gasteiger partial charge in [-0.1, -0.05) is 19.4 Å². The van der Waals surface area contributed by atoms with Gasteiger partial charge in [0.2, 0.25) is 10.0 Å². The Labute approximate surface area is 110 Å². The zero-order chi connectivity index (χ0) is 13.8. The first-order chi connectivity index (χ1) is 8.37. The zero-order valence-electron chi connectivity index (χ0n) is 11.5. The molecule has 0 spiro atoms. The van der Waals surface area contributed by atoms with E-state index < -0.39 is 10.0 Å². The van der Waals surface area contributed by atoms with Crippen LogP contribution < -0.4 is 5.32 Å². The molecule has 1 rings (SSSR count). The molecule has 0 saturated heterocycles. The van der Waals surface area contributed by atoms with E-state index in [1.165, 1.54) is 18.4 Å². The third kappa shape index (κ3) is 3.71. The summed E-state index contributed by atoms with van der Waals surface area (Å²) in [6, 6.07) is 7.29. The Morgan fingerprint density at radius 2 is 2.00 bits per heavy atom. The topological polar surface area (TPSA) is 49.4 Å². The largest absolute Gasteiger partial charge is 0.383 e. The summed E-state index contributed by atoms with van der Waals surface area (Å²) in [5.74, 6) is 0. The van der Waals surface area contributed by atoms with Crippen LogP contribution in [0.2, 0.25) is 0 Å². The van der Waals surface area contributed by atoms with Crippen LogP contribution in [0.5, 0.6) is 0 Å². The van der Waals surface area contributed by atoms with Gasteiger partial charge in [0.25, 0.3) is 0 Å². The van der Waals surface area contributed by atoms with Crippen LogP contribution >= 0.6 is 0 Å². The van der Waals surface area contributed by atoms with Gasteiger partial charge in [0.05, 0.1) is 4.90 Å². The van der Waals surface area contributed by atoms with E-state index in [0.717, 1.165) is 18.5 Å². The molecule has 1 aromatic carbocycles. The molecule has 0 amide bonds. The Morgan fingerprint density at radius 1 is 1.33 bits per heavy atom. The fraction of sp³-hybridized carbons (Fsp3) is 0.538. The summed E-state index contributed by atoms with van der Waals surface area (Å²) in [4.78, 5) is 0.321. The Morgan fingerprint density at radius 3 is 2.56 bits per heavy atom. The van der Waals surface area contributed by atoms with Crippen LogP contribution in [0.1, 0.15) is 26.7 Å². The molecule has 4 nitrogen and oxygen atoms in total. The minimum Gasteiger partial charge on any atom is -0.383 e. The van der Waals surface area contributed by atoms with Gasteiger partial charge in [0.15, 0.2) is 0 Å². The fourth-order valence-corrected chi connectivity index (χ4v) is 2.69. The molecule has 1 aromatic rings. The van der Waals surface area contributed by atoms with E-state index in [-0.39, 0.29) is 0 Å². The number of nitrogens with zero attached hydrogens (tertiary/aromatic N) is 1. The minimum absolute atomic E-state index is 0.321. The van der Waals surface area contributed by atoms with Crippen molar-refractivity contribution in [1.29, 1.82) is 0 Å². The Hall–Kier alpha value is -1.07. The van der Waals surface area contributed by atoms with Crippen LogP contribution in [-0.4, -0.2) is 32.9 Å². The van der Waals surface area contributed by atoms with Gasteiger partial charge in [-0.3, -0.25) is 0 Å². The molecule has 18 heavy (non-hydrogen) atoms. The summed E-state index contributed by atoms with van der Waals surface area (Å²) in [5.41, 5.74) is 0.846. The average Bonchev–Trinajstić information content (AvgIpc) is 2.29. The van der Waals surface area contributed by atoms with Crippen LogP contribution in [0.15, 0.2) is 29.2 Å². The third-order valence-electron chi connectivity index (χ3n) is 2.75. The van der Waals surface area contributed by atoms with E-state index in [1.807, 2.05) is 6.07 Å². The van der Waals surface area contributed by atoms with Crippen molar-refractivity contribution >= 4 is 15.7 Å². The molecule has 0 fully saturated rings. The van der Waals surface area contributed by atoms with Crippen molar-refractivity contribution in [2.45, 2.75) is 37.6 Å². The highest BCUT2D eigenvalue weighted by atomic mass is 32.2. The van der Waals surface area contributed by atoms with Gasteiger partial charge in [-0.05, 0) is 31.5 Å². The molecule has 5 heteroatoms. The summed E-state index contributed by atoms with van der Waals surface area (Å²) in [7, 11) is -0.280. The summed E-state index contributed by atoms with van der Waals surface area (Å²) >= 11 is 0. The molecule has 0 aromatic heterocycles. The monoisotopic (exact) mass is 270 g/mol. The summed E-state index contributed by atoms with van der Waals surface area (Å²) in [6.45, 7) is 4.22. The van der Waals surface area contributed by atoms with Crippen LogP contribution in [0.4, 0.5) is 5.69 Å². The standard InChI is InChI=1S/C13H22N2O2S/c1-5-7-11(2)14-12-8-6-9-13(10-12)18(16,17)15(3)4/h6,8-11,14H,5,7H2,1-4H3. The molecule has 0 aliphatic heterocycles. The van der Waals surface area contributed by atoms with Crippen molar-refractivity contribution in [1.82, 2.24) is 4.31 Å². The lowest BCUT2D eigenvalue weighted by atomic mass is 10.2. The van der Waals surface area contributed by atoms with E-state index in [1.54, 1.807) is 18.2 Å². The molecule has 1 atom stereocenters. The van der Waals surface area contributed by atoms with Crippen LogP contribution in [0.25, 0.3) is 0 Å². The van der Waals surface area contributed by atoms with Crippen LogP contribution in [0, 0.1) is 0 Å². The first-order valence-corrected chi connectivity index (χ1v) is 7.61. The lowest BCUT2D eigenvalue weighted by Gasteiger charge is -2.16. The van der Waals surface area contributed by atoms with Crippen molar-refractivity contribution in [2.24, 2.45) is 0 Å². The van der Waals surface area contributed by atoms with Gasteiger partial charge >= 0.3 is 0 Å². The van der Waals surface area contributed by atoms with Crippen molar-refractivity contribution in [3.63, 3.8) is 0 Å². The fourth-order valence-electron chi connectivity index (χ4n) is 1.75. The maximum atomic E-state index is 12.0. The second kappa shape index (κ2) is 6.20. The molecule has 0 saturated carbocycles. The van der Waals surface area contributed by atoms with E-state index in [0.29, 0.717) is 10.9 Å². The predicted molar refractivity (Wildman–Crippen MR) is 75.3 cm³/mol. The van der Waals surface area contributed by atoms with Gasteiger partial charge in [-0.15, -0.1) is 0 Å².